The average Bonchev–Trinajstić information content (AvgIpc) is 3.43. The predicted molar refractivity (Wildman–Crippen MR) is 334 cm³/mol. The maximum absolute atomic E-state index is 12.9. The SMILES string of the molecule is CC/C=C\C/C=C\C/C=C\C/C=C\C/C=C\C/C=C\C/C=C\C/C=C\CCCCCCC(=O)OCC(COC(=O)CCCCCCC/C=C\C/C=C\C/C=C\CC)OC(=O)CCCC/C=C\C/C=C\C/C=C\C/C=C\CC. The molecule has 0 rings (SSSR count). The van der Waals surface area contributed by atoms with Gasteiger partial charge in [-0.25, -0.2) is 0 Å². The number of ether oxygens (including phenoxy) is 3. The molecule has 6 nitrogen and oxygen atoms in total. The highest BCUT2D eigenvalue weighted by atomic mass is 16.6. The zero-order valence-electron chi connectivity index (χ0n) is 48.9. The Balaban J connectivity index is 4.48. The van der Waals surface area contributed by atoms with Crippen molar-refractivity contribution < 1.29 is 28.6 Å². The number of carbonyl (C=O) groups is 3. The lowest BCUT2D eigenvalue weighted by atomic mass is 10.1. The van der Waals surface area contributed by atoms with Gasteiger partial charge in [0.25, 0.3) is 0 Å². The molecule has 0 fully saturated rings. The van der Waals surface area contributed by atoms with Crippen LogP contribution >= 0.6 is 0 Å². The first kappa shape index (κ1) is 71.5. The maximum Gasteiger partial charge on any atom is 0.306 e. The maximum atomic E-state index is 12.9. The summed E-state index contributed by atoms with van der Waals surface area (Å²) in [5.74, 6) is -1.02. The van der Waals surface area contributed by atoms with Gasteiger partial charge in [0.2, 0.25) is 0 Å². The monoisotopic (exact) mass is 1060 g/mol. The summed E-state index contributed by atoms with van der Waals surface area (Å²) in [6, 6.07) is 0. The molecule has 0 spiro atoms. The lowest BCUT2D eigenvalue weighted by Gasteiger charge is -2.18. The molecule has 428 valence electrons. The van der Waals surface area contributed by atoms with Crippen LogP contribution < -0.4 is 0 Å². The van der Waals surface area contributed by atoms with Gasteiger partial charge in [-0.05, 0) is 154 Å². The lowest BCUT2D eigenvalue weighted by Crippen LogP contribution is -2.30. The lowest BCUT2D eigenvalue weighted by molar-refractivity contribution is -0.167. The van der Waals surface area contributed by atoms with E-state index in [1.165, 1.54) is 0 Å². The topological polar surface area (TPSA) is 78.9 Å². The van der Waals surface area contributed by atoms with Crippen molar-refractivity contribution in [3.8, 4) is 0 Å². The Morgan fingerprint density at radius 2 is 0.468 bits per heavy atom. The fourth-order valence-electron chi connectivity index (χ4n) is 7.46. The first-order valence-corrected chi connectivity index (χ1v) is 30.3. The zero-order valence-corrected chi connectivity index (χ0v) is 48.9. The molecule has 0 saturated heterocycles. The van der Waals surface area contributed by atoms with Gasteiger partial charge in [-0.15, -0.1) is 0 Å². The quantitative estimate of drug-likeness (QED) is 0.0261. The van der Waals surface area contributed by atoms with Gasteiger partial charge >= 0.3 is 17.9 Å². The fourth-order valence-corrected chi connectivity index (χ4v) is 7.46. The van der Waals surface area contributed by atoms with Crippen molar-refractivity contribution in [1.29, 1.82) is 0 Å². The number of carbonyl (C=O) groups excluding carboxylic acids is 3. The molecule has 0 heterocycles. The third-order valence-electron chi connectivity index (χ3n) is 11.9. The molecule has 1 atom stereocenters. The number of esters is 3. The van der Waals surface area contributed by atoms with Gasteiger partial charge in [0, 0.05) is 19.3 Å². The molecule has 0 radical (unpaired) electrons. The van der Waals surface area contributed by atoms with E-state index in [0.717, 1.165) is 180 Å². The van der Waals surface area contributed by atoms with Crippen LogP contribution in [0.4, 0.5) is 0 Å². The van der Waals surface area contributed by atoms with Crippen molar-refractivity contribution in [2.45, 2.75) is 232 Å². The van der Waals surface area contributed by atoms with Crippen molar-refractivity contribution in [3.63, 3.8) is 0 Å². The normalized spacial score (nSPS) is 13.4. The molecule has 0 amide bonds. The molecule has 0 aliphatic heterocycles. The summed E-state index contributed by atoms with van der Waals surface area (Å²) in [4.78, 5) is 38.2. The summed E-state index contributed by atoms with van der Waals surface area (Å²) in [6.45, 7) is 6.21. The van der Waals surface area contributed by atoms with Crippen molar-refractivity contribution in [2.24, 2.45) is 0 Å². The van der Waals surface area contributed by atoms with Crippen LogP contribution in [-0.2, 0) is 28.6 Å². The third kappa shape index (κ3) is 61.2. The summed E-state index contributed by atoms with van der Waals surface area (Å²) in [5.41, 5.74) is 0. The minimum absolute atomic E-state index is 0.121. The first-order chi connectivity index (χ1) is 38.0. The summed E-state index contributed by atoms with van der Waals surface area (Å²) in [7, 11) is 0. The van der Waals surface area contributed by atoms with Gasteiger partial charge in [-0.3, -0.25) is 14.4 Å². The van der Waals surface area contributed by atoms with Crippen LogP contribution in [-0.4, -0.2) is 37.2 Å². The van der Waals surface area contributed by atoms with E-state index in [0.29, 0.717) is 19.3 Å². The molecule has 77 heavy (non-hydrogen) atoms. The van der Waals surface area contributed by atoms with Gasteiger partial charge in [0.05, 0.1) is 0 Å². The molecule has 0 aliphatic carbocycles. The molecule has 0 aromatic carbocycles. The smallest absolute Gasteiger partial charge is 0.306 e. The van der Waals surface area contributed by atoms with Crippen molar-refractivity contribution >= 4 is 17.9 Å². The minimum Gasteiger partial charge on any atom is -0.462 e. The standard InChI is InChI=1S/C71H108O6/c1-4-7-10-13-16-19-22-25-28-29-30-31-32-33-34-35-36-37-38-39-40-41-44-46-49-52-55-58-61-64-70(73)76-67-68(77-71(74)65-62-59-56-53-50-47-43-27-24-21-18-15-12-9-6-3)66-75-69(72)63-60-57-54-51-48-45-42-26-23-20-17-14-11-8-5-2/h7-12,16-21,25-28,30-31,33-34,36-37,39-40,42-44,46,50,53,68H,4-6,13-15,22-24,29,32,35,38,41,45,47-49,51-52,54-67H2,1-3H3/b10-7-,11-8-,12-9-,19-16-,20-17-,21-18-,28-25-,31-30-,34-33-,37-36-,40-39-,42-26-,43-27-,46-44-,53-50-. The van der Waals surface area contributed by atoms with Crippen molar-refractivity contribution in [1.82, 2.24) is 0 Å². The van der Waals surface area contributed by atoms with E-state index in [4.69, 9.17) is 14.2 Å². The number of allylic oxidation sites excluding steroid dienone is 30. The number of hydrogen-bond donors (Lipinski definition) is 0. The minimum atomic E-state index is -0.829. The summed E-state index contributed by atoms with van der Waals surface area (Å²) < 4.78 is 16.8. The van der Waals surface area contributed by atoms with Crippen LogP contribution in [0.1, 0.15) is 226 Å². The molecule has 0 N–H and O–H groups in total. The van der Waals surface area contributed by atoms with Gasteiger partial charge < -0.3 is 14.2 Å². The van der Waals surface area contributed by atoms with E-state index in [-0.39, 0.29) is 37.5 Å². The van der Waals surface area contributed by atoms with E-state index in [1.54, 1.807) is 0 Å². The van der Waals surface area contributed by atoms with E-state index in [2.05, 4.69) is 203 Å². The van der Waals surface area contributed by atoms with Crippen LogP contribution in [0, 0.1) is 0 Å². The van der Waals surface area contributed by atoms with Crippen molar-refractivity contribution in [3.05, 3.63) is 182 Å². The first-order valence-electron chi connectivity index (χ1n) is 30.3. The van der Waals surface area contributed by atoms with E-state index in [9.17, 15) is 14.4 Å². The Labute approximate surface area is 472 Å². The molecule has 0 aliphatic rings. The Kier molecular flexibility index (Phi) is 58.6. The van der Waals surface area contributed by atoms with Crippen molar-refractivity contribution in [2.75, 3.05) is 13.2 Å². The highest BCUT2D eigenvalue weighted by Gasteiger charge is 2.19. The molecule has 6 heteroatoms. The second-order valence-corrected chi connectivity index (χ2v) is 19.1. The third-order valence-corrected chi connectivity index (χ3v) is 11.9. The molecule has 0 aromatic rings. The van der Waals surface area contributed by atoms with Crippen LogP contribution in [0.5, 0.6) is 0 Å². The number of rotatable bonds is 52. The van der Waals surface area contributed by atoms with Crippen LogP contribution in [0.3, 0.4) is 0 Å². The van der Waals surface area contributed by atoms with Gasteiger partial charge in [-0.1, -0.05) is 235 Å². The molecule has 0 bridgehead atoms. The fraction of sp³-hybridized carbons (Fsp3) is 0.535. The molecular formula is C71H108O6. The van der Waals surface area contributed by atoms with Gasteiger partial charge in [-0.2, -0.15) is 0 Å². The Morgan fingerprint density at radius 1 is 0.260 bits per heavy atom. The molecule has 1 unspecified atom stereocenters. The van der Waals surface area contributed by atoms with Crippen LogP contribution in [0.25, 0.3) is 0 Å². The number of unbranched alkanes of at least 4 members (excludes halogenated alkanes) is 11. The predicted octanol–water partition coefficient (Wildman–Crippen LogP) is 20.9. The highest BCUT2D eigenvalue weighted by molar-refractivity contribution is 5.71. The van der Waals surface area contributed by atoms with E-state index < -0.39 is 6.10 Å². The van der Waals surface area contributed by atoms with E-state index in [1.807, 2.05) is 0 Å². The van der Waals surface area contributed by atoms with E-state index >= 15 is 0 Å². The summed E-state index contributed by atoms with van der Waals surface area (Å²) in [6.07, 6.45) is 94.6. The summed E-state index contributed by atoms with van der Waals surface area (Å²) in [5, 5.41) is 0. The van der Waals surface area contributed by atoms with Gasteiger partial charge in [0.1, 0.15) is 13.2 Å². The Hall–Kier alpha value is -5.49. The van der Waals surface area contributed by atoms with Crippen LogP contribution in [0.2, 0.25) is 0 Å². The second kappa shape index (κ2) is 63.0. The number of hydrogen-bond acceptors (Lipinski definition) is 6. The van der Waals surface area contributed by atoms with Gasteiger partial charge in [0.15, 0.2) is 6.10 Å². The zero-order chi connectivity index (χ0) is 55.7. The summed E-state index contributed by atoms with van der Waals surface area (Å²) >= 11 is 0. The molecule has 0 saturated carbocycles. The molecular weight excluding hydrogens is 949 g/mol. The molecule has 0 aromatic heterocycles. The largest absolute Gasteiger partial charge is 0.462 e. The highest BCUT2D eigenvalue weighted by Crippen LogP contribution is 2.12. The second-order valence-electron chi connectivity index (χ2n) is 19.1. The average molecular weight is 1060 g/mol. The Bertz CT molecular complexity index is 1840. The van der Waals surface area contributed by atoms with Crippen LogP contribution in [0.15, 0.2) is 182 Å². The Morgan fingerprint density at radius 3 is 0.753 bits per heavy atom.